The van der Waals surface area contributed by atoms with Crippen LogP contribution in [-0.2, 0) is 14.8 Å². The average molecular weight is 311 g/mol. The number of carbonyl (C=O) groups excluding carboxylic acids is 1. The summed E-state index contributed by atoms with van der Waals surface area (Å²) in [6, 6.07) is 6.18. The number of anilines is 1. The van der Waals surface area contributed by atoms with Crippen molar-refractivity contribution in [1.29, 1.82) is 0 Å². The summed E-state index contributed by atoms with van der Waals surface area (Å²) in [4.78, 5) is 12.0. The number of amides is 1. The lowest BCUT2D eigenvalue weighted by Crippen LogP contribution is -2.42. The van der Waals surface area contributed by atoms with Crippen LogP contribution in [0.5, 0.6) is 0 Å². The highest BCUT2D eigenvalue weighted by molar-refractivity contribution is 7.89. The van der Waals surface area contributed by atoms with Gasteiger partial charge < -0.3 is 11.1 Å². The van der Waals surface area contributed by atoms with Gasteiger partial charge in [0.1, 0.15) is 0 Å². The molecule has 0 unspecified atom stereocenters. The number of nitrogens with one attached hydrogen (secondary N) is 1. The highest BCUT2D eigenvalue weighted by Gasteiger charge is 2.31. The number of carbonyl (C=O) groups is 1. The number of nitrogens with zero attached hydrogens (tertiary/aromatic N) is 1. The largest absolute Gasteiger partial charge is 0.399 e. The summed E-state index contributed by atoms with van der Waals surface area (Å²) in [5, 5.41) is 2.79. The number of benzene rings is 1. The first kappa shape index (κ1) is 15.8. The molecule has 1 saturated heterocycles. The molecule has 6 nitrogen and oxygen atoms in total. The van der Waals surface area contributed by atoms with Crippen molar-refractivity contribution in [2.45, 2.75) is 24.7 Å². The van der Waals surface area contributed by atoms with E-state index in [2.05, 4.69) is 5.32 Å². The van der Waals surface area contributed by atoms with Gasteiger partial charge in [-0.1, -0.05) is 0 Å². The third-order valence-corrected chi connectivity index (χ3v) is 5.61. The van der Waals surface area contributed by atoms with Crippen LogP contribution in [0.1, 0.15) is 19.8 Å². The van der Waals surface area contributed by atoms with E-state index in [1.807, 2.05) is 6.92 Å². The van der Waals surface area contributed by atoms with E-state index in [4.69, 9.17) is 5.73 Å². The number of rotatable bonds is 4. The Balaban J connectivity index is 2.04. The van der Waals surface area contributed by atoms with Gasteiger partial charge in [0.25, 0.3) is 0 Å². The molecule has 116 valence electrons. The molecule has 3 N–H and O–H groups in total. The molecule has 1 aliphatic rings. The van der Waals surface area contributed by atoms with Crippen LogP contribution in [-0.4, -0.2) is 38.3 Å². The maximum atomic E-state index is 12.5. The fourth-order valence-electron chi connectivity index (χ4n) is 2.47. The average Bonchev–Trinajstić information content (AvgIpc) is 2.48. The molecular weight excluding hydrogens is 290 g/mol. The molecule has 2 rings (SSSR count). The molecule has 0 aromatic heterocycles. The second kappa shape index (κ2) is 6.44. The minimum absolute atomic E-state index is 0.0158. The summed E-state index contributed by atoms with van der Waals surface area (Å²) in [7, 11) is -3.49. The van der Waals surface area contributed by atoms with Gasteiger partial charge in [-0.3, -0.25) is 4.79 Å². The molecule has 1 amide bonds. The van der Waals surface area contributed by atoms with Gasteiger partial charge in [-0.25, -0.2) is 8.42 Å². The van der Waals surface area contributed by atoms with Crippen LogP contribution in [0, 0.1) is 5.92 Å². The molecule has 1 aliphatic heterocycles. The lowest BCUT2D eigenvalue weighted by molar-refractivity contribution is -0.126. The van der Waals surface area contributed by atoms with Crippen molar-refractivity contribution in [2.75, 3.05) is 25.4 Å². The Hall–Kier alpha value is -1.60. The standard InChI is InChI=1S/C14H21N3O3S/c1-2-16-14(18)11-7-9-17(10-8-11)21(19,20)13-5-3-12(15)4-6-13/h3-6,11H,2,7-10,15H2,1H3,(H,16,18). The lowest BCUT2D eigenvalue weighted by Gasteiger charge is -2.30. The van der Waals surface area contributed by atoms with Crippen LogP contribution in [0.2, 0.25) is 0 Å². The summed E-state index contributed by atoms with van der Waals surface area (Å²) in [6.07, 6.45) is 1.11. The Morgan fingerprint density at radius 3 is 2.38 bits per heavy atom. The minimum atomic E-state index is -3.49. The summed E-state index contributed by atoms with van der Waals surface area (Å²) in [5.74, 6) is -0.0788. The fourth-order valence-corrected chi connectivity index (χ4v) is 3.94. The Morgan fingerprint density at radius 2 is 1.86 bits per heavy atom. The number of hydrogen-bond acceptors (Lipinski definition) is 4. The van der Waals surface area contributed by atoms with E-state index in [0.717, 1.165) is 0 Å². The van der Waals surface area contributed by atoms with Crippen LogP contribution in [0.25, 0.3) is 0 Å². The number of hydrogen-bond donors (Lipinski definition) is 2. The van der Waals surface area contributed by atoms with E-state index in [9.17, 15) is 13.2 Å². The topological polar surface area (TPSA) is 92.5 Å². The zero-order valence-corrected chi connectivity index (χ0v) is 12.9. The molecule has 7 heteroatoms. The predicted octanol–water partition coefficient (Wildman–Crippen LogP) is 0.806. The second-order valence-corrected chi connectivity index (χ2v) is 7.08. The van der Waals surface area contributed by atoms with Crippen LogP contribution >= 0.6 is 0 Å². The zero-order chi connectivity index (χ0) is 15.5. The molecule has 1 fully saturated rings. The van der Waals surface area contributed by atoms with E-state index in [-0.39, 0.29) is 16.7 Å². The van der Waals surface area contributed by atoms with Crippen molar-refractivity contribution in [2.24, 2.45) is 5.92 Å². The molecule has 21 heavy (non-hydrogen) atoms. The molecular formula is C14H21N3O3S. The third kappa shape index (κ3) is 3.54. The smallest absolute Gasteiger partial charge is 0.243 e. The van der Waals surface area contributed by atoms with E-state index in [1.165, 1.54) is 16.4 Å². The SMILES string of the molecule is CCNC(=O)C1CCN(S(=O)(=O)c2ccc(N)cc2)CC1. The lowest BCUT2D eigenvalue weighted by atomic mass is 9.97. The van der Waals surface area contributed by atoms with E-state index in [0.29, 0.717) is 38.2 Å². The molecule has 1 heterocycles. The van der Waals surface area contributed by atoms with Crippen LogP contribution < -0.4 is 11.1 Å². The minimum Gasteiger partial charge on any atom is -0.399 e. The van der Waals surface area contributed by atoms with Crippen molar-refractivity contribution in [3.8, 4) is 0 Å². The first-order valence-electron chi connectivity index (χ1n) is 7.08. The Bertz CT molecular complexity index is 590. The van der Waals surface area contributed by atoms with Gasteiger partial charge in [-0.15, -0.1) is 0 Å². The molecule has 0 bridgehead atoms. The van der Waals surface area contributed by atoms with Gasteiger partial charge in [-0.05, 0) is 44.0 Å². The van der Waals surface area contributed by atoms with Gasteiger partial charge >= 0.3 is 0 Å². The van der Waals surface area contributed by atoms with Crippen molar-refractivity contribution >= 4 is 21.6 Å². The first-order valence-corrected chi connectivity index (χ1v) is 8.52. The quantitative estimate of drug-likeness (QED) is 0.805. The maximum absolute atomic E-state index is 12.5. The van der Waals surface area contributed by atoms with Crippen LogP contribution in [0.4, 0.5) is 5.69 Å². The van der Waals surface area contributed by atoms with Crippen LogP contribution in [0.3, 0.4) is 0 Å². The summed E-state index contributed by atoms with van der Waals surface area (Å²) >= 11 is 0. The van der Waals surface area contributed by atoms with Gasteiger partial charge in [0.2, 0.25) is 15.9 Å². The van der Waals surface area contributed by atoms with E-state index >= 15 is 0 Å². The van der Waals surface area contributed by atoms with Gasteiger partial charge in [0.15, 0.2) is 0 Å². The fraction of sp³-hybridized carbons (Fsp3) is 0.500. The summed E-state index contributed by atoms with van der Waals surface area (Å²) in [6.45, 7) is 3.21. The summed E-state index contributed by atoms with van der Waals surface area (Å²) in [5.41, 5.74) is 6.11. The van der Waals surface area contributed by atoms with E-state index in [1.54, 1.807) is 12.1 Å². The first-order chi connectivity index (χ1) is 9.95. The molecule has 0 spiro atoms. The number of nitrogens with two attached hydrogens (primary N) is 1. The molecule has 0 saturated carbocycles. The highest BCUT2D eigenvalue weighted by atomic mass is 32.2. The van der Waals surface area contributed by atoms with Gasteiger partial charge in [0.05, 0.1) is 4.90 Å². The van der Waals surface area contributed by atoms with Crippen molar-refractivity contribution in [3.05, 3.63) is 24.3 Å². The van der Waals surface area contributed by atoms with Crippen molar-refractivity contribution < 1.29 is 13.2 Å². The molecule has 0 radical (unpaired) electrons. The zero-order valence-electron chi connectivity index (χ0n) is 12.1. The summed E-state index contributed by atoms with van der Waals surface area (Å²) < 4.78 is 26.4. The Labute approximate surface area is 125 Å². The number of sulfonamides is 1. The van der Waals surface area contributed by atoms with Gasteiger partial charge in [0, 0.05) is 31.2 Å². The van der Waals surface area contributed by atoms with Crippen molar-refractivity contribution in [1.82, 2.24) is 9.62 Å². The predicted molar refractivity (Wildman–Crippen MR) is 81.0 cm³/mol. The third-order valence-electron chi connectivity index (χ3n) is 3.69. The van der Waals surface area contributed by atoms with E-state index < -0.39 is 10.0 Å². The maximum Gasteiger partial charge on any atom is 0.243 e. The molecule has 1 aromatic carbocycles. The second-order valence-electron chi connectivity index (χ2n) is 5.14. The Morgan fingerprint density at radius 1 is 1.29 bits per heavy atom. The number of piperidine rings is 1. The molecule has 1 aromatic rings. The van der Waals surface area contributed by atoms with Crippen LogP contribution in [0.15, 0.2) is 29.2 Å². The van der Waals surface area contributed by atoms with Gasteiger partial charge in [-0.2, -0.15) is 4.31 Å². The van der Waals surface area contributed by atoms with Crippen molar-refractivity contribution in [3.63, 3.8) is 0 Å². The molecule has 0 atom stereocenters. The monoisotopic (exact) mass is 311 g/mol. The Kier molecular flexibility index (Phi) is 4.84. The number of nitrogen functional groups attached to an aromatic ring is 1. The highest BCUT2D eigenvalue weighted by Crippen LogP contribution is 2.24. The normalized spacial score (nSPS) is 17.6. The molecule has 0 aliphatic carbocycles.